The molecule has 4 heterocycles. The second-order valence-corrected chi connectivity index (χ2v) is 8.52. The second-order valence-electron chi connectivity index (χ2n) is 6.30. The van der Waals surface area contributed by atoms with Gasteiger partial charge in [-0.1, -0.05) is 11.6 Å². The first-order chi connectivity index (χ1) is 11.0. The number of hydrogen-bond donors (Lipinski definition) is 0. The van der Waals surface area contributed by atoms with Crippen molar-refractivity contribution in [3.63, 3.8) is 0 Å². The van der Waals surface area contributed by atoms with E-state index in [1.807, 2.05) is 0 Å². The van der Waals surface area contributed by atoms with Gasteiger partial charge >= 0.3 is 0 Å². The summed E-state index contributed by atoms with van der Waals surface area (Å²) in [6.45, 7) is 4.84. The zero-order valence-electron chi connectivity index (χ0n) is 13.1. The highest BCUT2D eigenvalue weighted by Gasteiger charge is 2.30. The van der Waals surface area contributed by atoms with Gasteiger partial charge in [-0.15, -0.1) is 11.3 Å². The lowest BCUT2D eigenvalue weighted by molar-refractivity contribution is -0.0414. The molecule has 0 bridgehead atoms. The summed E-state index contributed by atoms with van der Waals surface area (Å²) in [5, 5.41) is 1.62. The van der Waals surface area contributed by atoms with E-state index in [9.17, 15) is 0 Å². The molecule has 0 unspecified atom stereocenters. The number of halogens is 1. The fourth-order valence-electron chi connectivity index (χ4n) is 3.08. The number of nitrogens with zero attached hydrogens (tertiary/aromatic N) is 3. The Hall–Kier alpha value is -0.950. The highest BCUT2D eigenvalue weighted by Crippen LogP contribution is 2.41. The van der Waals surface area contributed by atoms with E-state index in [1.54, 1.807) is 23.1 Å². The molecule has 3 aromatic heterocycles. The van der Waals surface area contributed by atoms with Crippen LogP contribution in [0.5, 0.6) is 0 Å². The molecule has 1 aliphatic rings. The van der Waals surface area contributed by atoms with Gasteiger partial charge in [0.1, 0.15) is 16.3 Å². The Morgan fingerprint density at radius 2 is 2.22 bits per heavy atom. The molecule has 0 spiro atoms. The summed E-state index contributed by atoms with van der Waals surface area (Å²) in [5.41, 5.74) is 4.40. The van der Waals surface area contributed by atoms with E-state index in [4.69, 9.17) is 21.3 Å². The average Bonchev–Trinajstić information content (AvgIpc) is 2.85. The van der Waals surface area contributed by atoms with Gasteiger partial charge < -0.3 is 4.74 Å². The Morgan fingerprint density at radius 1 is 1.39 bits per heavy atom. The van der Waals surface area contributed by atoms with Gasteiger partial charge in [0.05, 0.1) is 28.1 Å². The summed E-state index contributed by atoms with van der Waals surface area (Å²) >= 11 is 9.65. The highest BCUT2D eigenvalue weighted by atomic mass is 35.5. The van der Waals surface area contributed by atoms with E-state index >= 15 is 0 Å². The Bertz CT molecular complexity index is 923. The number of thiophene rings is 1. The molecule has 23 heavy (non-hydrogen) atoms. The van der Waals surface area contributed by atoms with Gasteiger partial charge in [0.25, 0.3) is 0 Å². The van der Waals surface area contributed by atoms with Gasteiger partial charge in [-0.2, -0.15) is 11.8 Å². The number of rotatable bonds is 2. The fourth-order valence-corrected chi connectivity index (χ4v) is 4.99. The minimum Gasteiger partial charge on any atom is -0.370 e. The maximum Gasteiger partial charge on any atom is 0.150 e. The standard InChI is InChI=1S/C16H16ClN3OS2/c1-16(2)4-10-8(5-21-16)9(6-22-3)11-12-13(23-15(11)20-10)14(17)19-7-18-12/h7H,4-6H2,1-3H3. The Morgan fingerprint density at radius 3 is 3.00 bits per heavy atom. The highest BCUT2D eigenvalue weighted by molar-refractivity contribution is 7.97. The van der Waals surface area contributed by atoms with Crippen LogP contribution in [0.4, 0.5) is 0 Å². The molecule has 0 aromatic carbocycles. The summed E-state index contributed by atoms with van der Waals surface area (Å²) in [5.74, 6) is 0.915. The zero-order valence-corrected chi connectivity index (χ0v) is 15.5. The third-order valence-electron chi connectivity index (χ3n) is 4.15. The van der Waals surface area contributed by atoms with Gasteiger partial charge in [0.15, 0.2) is 0 Å². The quantitative estimate of drug-likeness (QED) is 0.621. The van der Waals surface area contributed by atoms with Crippen LogP contribution in [0.1, 0.15) is 30.7 Å². The number of pyridine rings is 1. The minimum atomic E-state index is -0.168. The predicted molar refractivity (Wildman–Crippen MR) is 97.5 cm³/mol. The maximum absolute atomic E-state index is 6.26. The van der Waals surface area contributed by atoms with E-state index < -0.39 is 0 Å². The van der Waals surface area contributed by atoms with E-state index in [0.29, 0.717) is 11.8 Å². The molecule has 0 amide bonds. The van der Waals surface area contributed by atoms with Crippen LogP contribution in [0, 0.1) is 0 Å². The van der Waals surface area contributed by atoms with Crippen LogP contribution in [0.15, 0.2) is 6.33 Å². The first-order valence-corrected chi connectivity index (χ1v) is 9.95. The lowest BCUT2D eigenvalue weighted by atomic mass is 9.93. The van der Waals surface area contributed by atoms with Gasteiger partial charge in [-0.25, -0.2) is 15.0 Å². The first kappa shape index (κ1) is 15.6. The van der Waals surface area contributed by atoms with E-state index in [1.165, 1.54) is 17.5 Å². The number of ether oxygens (including phenoxy) is 1. The molecule has 4 rings (SSSR count). The van der Waals surface area contributed by atoms with Crippen molar-refractivity contribution in [1.82, 2.24) is 15.0 Å². The van der Waals surface area contributed by atoms with Crippen molar-refractivity contribution < 1.29 is 4.74 Å². The van der Waals surface area contributed by atoms with Crippen molar-refractivity contribution in [2.45, 2.75) is 38.2 Å². The van der Waals surface area contributed by atoms with Gasteiger partial charge in [-0.05, 0) is 25.7 Å². The van der Waals surface area contributed by atoms with Crippen molar-refractivity contribution >= 4 is 55.1 Å². The fraction of sp³-hybridized carbons (Fsp3) is 0.438. The third-order valence-corrected chi connectivity index (χ3v) is 6.21. The summed E-state index contributed by atoms with van der Waals surface area (Å²) in [4.78, 5) is 14.5. The van der Waals surface area contributed by atoms with Crippen molar-refractivity contribution in [2.75, 3.05) is 6.26 Å². The number of aromatic nitrogens is 3. The molecule has 0 atom stereocenters. The van der Waals surface area contributed by atoms with Crippen LogP contribution >= 0.6 is 34.7 Å². The van der Waals surface area contributed by atoms with Crippen molar-refractivity contribution in [3.8, 4) is 0 Å². The van der Waals surface area contributed by atoms with E-state index in [-0.39, 0.29) is 5.60 Å². The molecule has 0 fully saturated rings. The molecular weight excluding hydrogens is 350 g/mol. The minimum absolute atomic E-state index is 0.168. The van der Waals surface area contributed by atoms with Crippen molar-refractivity contribution in [2.24, 2.45) is 0 Å². The molecule has 3 aromatic rings. The van der Waals surface area contributed by atoms with Crippen LogP contribution in [-0.4, -0.2) is 26.8 Å². The van der Waals surface area contributed by atoms with Crippen molar-refractivity contribution in [1.29, 1.82) is 0 Å². The molecule has 7 heteroatoms. The summed E-state index contributed by atoms with van der Waals surface area (Å²) in [6.07, 6.45) is 4.47. The second kappa shape index (κ2) is 5.55. The van der Waals surface area contributed by atoms with Crippen LogP contribution in [0.3, 0.4) is 0 Å². The molecule has 0 saturated heterocycles. The Kier molecular flexibility index (Phi) is 3.76. The summed E-state index contributed by atoms with van der Waals surface area (Å²) in [7, 11) is 0. The molecule has 0 radical (unpaired) electrons. The van der Waals surface area contributed by atoms with Gasteiger partial charge in [0.2, 0.25) is 0 Å². The molecule has 120 valence electrons. The van der Waals surface area contributed by atoms with Crippen LogP contribution in [0.2, 0.25) is 5.15 Å². The predicted octanol–water partition coefficient (Wildman–Crippen LogP) is 4.61. The van der Waals surface area contributed by atoms with E-state index in [0.717, 1.165) is 38.3 Å². The average molecular weight is 366 g/mol. The summed E-state index contributed by atoms with van der Waals surface area (Å²) < 4.78 is 6.95. The molecule has 0 saturated carbocycles. The molecular formula is C16H16ClN3OS2. The number of hydrogen-bond acceptors (Lipinski definition) is 6. The SMILES string of the molecule is CSCc1c2c(nc3sc4c(Cl)ncnc4c13)CC(C)(C)OC2. The number of thioether (sulfide) groups is 1. The van der Waals surface area contributed by atoms with E-state index in [2.05, 4.69) is 30.1 Å². The van der Waals surface area contributed by atoms with Crippen molar-refractivity contribution in [3.05, 3.63) is 28.3 Å². The largest absolute Gasteiger partial charge is 0.370 e. The first-order valence-electron chi connectivity index (χ1n) is 7.36. The smallest absolute Gasteiger partial charge is 0.150 e. The van der Waals surface area contributed by atoms with Crippen LogP contribution in [0.25, 0.3) is 20.4 Å². The zero-order chi connectivity index (χ0) is 16.2. The van der Waals surface area contributed by atoms with Gasteiger partial charge in [-0.3, -0.25) is 0 Å². The topological polar surface area (TPSA) is 47.9 Å². The van der Waals surface area contributed by atoms with Gasteiger partial charge in [0, 0.05) is 23.1 Å². The molecule has 4 nitrogen and oxygen atoms in total. The third kappa shape index (κ3) is 2.52. The normalized spacial score (nSPS) is 16.9. The Balaban J connectivity index is 2.08. The lowest BCUT2D eigenvalue weighted by Crippen LogP contribution is -2.33. The molecule has 0 aliphatic carbocycles. The monoisotopic (exact) mass is 365 g/mol. The lowest BCUT2D eigenvalue weighted by Gasteiger charge is -2.32. The van der Waals surface area contributed by atoms with Crippen LogP contribution < -0.4 is 0 Å². The molecule has 1 aliphatic heterocycles. The maximum atomic E-state index is 6.26. The molecule has 0 N–H and O–H groups in total. The number of fused-ring (bicyclic) bond motifs is 4. The van der Waals surface area contributed by atoms with Crippen LogP contribution in [-0.2, 0) is 23.5 Å². The summed E-state index contributed by atoms with van der Waals surface area (Å²) in [6, 6.07) is 0. The Labute approximate surface area is 147 Å².